The number of aromatic nitrogens is 3. The second-order valence-corrected chi connectivity index (χ2v) is 7.02. The van der Waals surface area contributed by atoms with Crippen molar-refractivity contribution in [1.82, 2.24) is 19.9 Å². The molecule has 3 aromatic heterocycles. The van der Waals surface area contributed by atoms with Gasteiger partial charge in [-0.25, -0.2) is 9.97 Å². The molecule has 3 aromatic rings. The van der Waals surface area contributed by atoms with E-state index in [0.29, 0.717) is 22.4 Å². The summed E-state index contributed by atoms with van der Waals surface area (Å²) in [6.45, 7) is 0.470. The van der Waals surface area contributed by atoms with Gasteiger partial charge in [-0.3, -0.25) is 14.6 Å². The number of nitrogens with zero attached hydrogens (tertiary/aromatic N) is 4. The molecule has 1 aliphatic heterocycles. The predicted molar refractivity (Wildman–Crippen MR) is 103 cm³/mol. The second-order valence-electron chi connectivity index (χ2n) is 7.02. The van der Waals surface area contributed by atoms with Crippen LogP contribution in [0.2, 0.25) is 0 Å². The molecule has 0 fully saturated rings. The number of fused-ring (bicyclic) bond motifs is 1. The first-order valence-corrected chi connectivity index (χ1v) is 9.33. The van der Waals surface area contributed by atoms with E-state index in [1.807, 2.05) is 0 Å². The Labute approximate surface area is 179 Å². The third-order valence-corrected chi connectivity index (χ3v) is 4.68. The van der Waals surface area contributed by atoms with Crippen LogP contribution in [0.5, 0.6) is 5.75 Å². The molecule has 0 unspecified atom stereocenters. The van der Waals surface area contributed by atoms with E-state index in [4.69, 9.17) is 9.15 Å². The number of oxazole rings is 1. The Kier molecular flexibility index (Phi) is 5.51. The van der Waals surface area contributed by atoms with Gasteiger partial charge >= 0.3 is 6.18 Å². The molecule has 32 heavy (non-hydrogen) atoms. The standard InChI is InChI=1S/C20H16F3N5O4/c1-11-4-12(25-5-16(11)32-9-20(21,22)23)6-28-7-14-13(19(28)30)2-3-24-17(14)27-18(29)15-8-31-10-26-15/h2-5,8,10H,6-7,9H2,1H3,(H,24,27,29). The lowest BCUT2D eigenvalue weighted by Crippen LogP contribution is -2.24. The number of amides is 2. The third kappa shape index (κ3) is 4.53. The molecule has 0 spiro atoms. The number of hydrogen-bond acceptors (Lipinski definition) is 7. The zero-order valence-electron chi connectivity index (χ0n) is 16.6. The van der Waals surface area contributed by atoms with Crippen LogP contribution in [0.25, 0.3) is 0 Å². The van der Waals surface area contributed by atoms with Crippen molar-refractivity contribution in [1.29, 1.82) is 0 Å². The maximum atomic E-state index is 12.8. The number of carbonyl (C=O) groups is 2. The first kappa shape index (κ1) is 21.3. The molecule has 2 amide bonds. The first-order chi connectivity index (χ1) is 15.2. The molecule has 0 aliphatic carbocycles. The molecule has 0 atom stereocenters. The zero-order chi connectivity index (χ0) is 22.9. The van der Waals surface area contributed by atoms with Crippen molar-refractivity contribution in [2.45, 2.75) is 26.2 Å². The number of ether oxygens (including phenoxy) is 1. The van der Waals surface area contributed by atoms with Crippen molar-refractivity contribution in [3.8, 4) is 5.75 Å². The lowest BCUT2D eigenvalue weighted by atomic mass is 10.1. The molecule has 1 aliphatic rings. The van der Waals surface area contributed by atoms with Crippen molar-refractivity contribution < 1.29 is 31.9 Å². The van der Waals surface area contributed by atoms with Crippen molar-refractivity contribution >= 4 is 17.6 Å². The molecule has 4 heterocycles. The third-order valence-electron chi connectivity index (χ3n) is 4.68. The van der Waals surface area contributed by atoms with Gasteiger partial charge < -0.3 is 19.4 Å². The minimum absolute atomic E-state index is 0.0177. The molecule has 9 nitrogen and oxygen atoms in total. The summed E-state index contributed by atoms with van der Waals surface area (Å²) in [6, 6.07) is 3.11. The number of hydrogen-bond donors (Lipinski definition) is 1. The molecule has 0 bridgehead atoms. The molecular weight excluding hydrogens is 431 g/mol. The Morgan fingerprint density at radius 3 is 2.81 bits per heavy atom. The molecule has 0 radical (unpaired) electrons. The fourth-order valence-corrected chi connectivity index (χ4v) is 3.21. The fraction of sp³-hybridized carbons (Fsp3) is 0.250. The zero-order valence-corrected chi connectivity index (χ0v) is 16.6. The minimum atomic E-state index is -4.45. The van der Waals surface area contributed by atoms with Crippen molar-refractivity contribution in [2.24, 2.45) is 0 Å². The lowest BCUT2D eigenvalue weighted by molar-refractivity contribution is -0.153. The molecule has 0 aromatic carbocycles. The summed E-state index contributed by atoms with van der Waals surface area (Å²) in [5.74, 6) is -0.566. The van der Waals surface area contributed by atoms with Crippen molar-refractivity contribution in [3.63, 3.8) is 0 Å². The van der Waals surface area contributed by atoms with Gasteiger partial charge in [-0.15, -0.1) is 0 Å². The molecule has 12 heteroatoms. The van der Waals surface area contributed by atoms with Gasteiger partial charge in [0.05, 0.1) is 25.0 Å². The summed E-state index contributed by atoms with van der Waals surface area (Å²) in [6.07, 6.45) is 0.472. The van der Waals surface area contributed by atoms with E-state index in [0.717, 1.165) is 6.39 Å². The van der Waals surface area contributed by atoms with Crippen LogP contribution in [-0.4, -0.2) is 44.4 Å². The Bertz CT molecular complexity index is 1160. The summed E-state index contributed by atoms with van der Waals surface area (Å²) >= 11 is 0. The van der Waals surface area contributed by atoms with Gasteiger partial charge in [0.15, 0.2) is 18.7 Å². The van der Waals surface area contributed by atoms with Crippen LogP contribution in [-0.2, 0) is 13.1 Å². The molecule has 166 valence electrons. The Balaban J connectivity index is 1.47. The Morgan fingerprint density at radius 2 is 2.12 bits per heavy atom. The van der Waals surface area contributed by atoms with Crippen LogP contribution < -0.4 is 10.1 Å². The number of halogens is 3. The van der Waals surface area contributed by atoms with Gasteiger partial charge in [0.1, 0.15) is 17.8 Å². The largest absolute Gasteiger partial charge is 0.482 e. The van der Waals surface area contributed by atoms with E-state index in [-0.39, 0.29) is 36.3 Å². The maximum Gasteiger partial charge on any atom is 0.422 e. The number of nitrogens with one attached hydrogen (secondary N) is 1. The summed E-state index contributed by atoms with van der Waals surface area (Å²) in [7, 11) is 0. The fourth-order valence-electron chi connectivity index (χ4n) is 3.21. The topological polar surface area (TPSA) is 110 Å². The van der Waals surface area contributed by atoms with Gasteiger partial charge in [-0.05, 0) is 24.6 Å². The highest BCUT2D eigenvalue weighted by Gasteiger charge is 2.31. The van der Waals surface area contributed by atoms with Gasteiger partial charge in [-0.1, -0.05) is 0 Å². The van der Waals surface area contributed by atoms with E-state index in [1.165, 1.54) is 23.6 Å². The van der Waals surface area contributed by atoms with Crippen molar-refractivity contribution in [2.75, 3.05) is 11.9 Å². The summed E-state index contributed by atoms with van der Waals surface area (Å²) in [5, 5.41) is 2.62. The van der Waals surface area contributed by atoms with Crippen LogP contribution in [0.15, 0.2) is 41.6 Å². The van der Waals surface area contributed by atoms with Gasteiger partial charge in [-0.2, -0.15) is 13.2 Å². The normalized spacial score (nSPS) is 13.2. The van der Waals surface area contributed by atoms with E-state index >= 15 is 0 Å². The van der Waals surface area contributed by atoms with E-state index in [2.05, 4.69) is 20.3 Å². The van der Waals surface area contributed by atoms with Gasteiger partial charge in [0.25, 0.3) is 11.8 Å². The van der Waals surface area contributed by atoms with Crippen LogP contribution >= 0.6 is 0 Å². The Hall–Kier alpha value is -3.96. The SMILES string of the molecule is Cc1cc(CN2Cc3c(ccnc3NC(=O)c3cocn3)C2=O)ncc1OCC(F)(F)F. The summed E-state index contributed by atoms with van der Waals surface area (Å²) in [5.41, 5.74) is 1.93. The van der Waals surface area contributed by atoms with Gasteiger partial charge in [0, 0.05) is 17.3 Å². The van der Waals surface area contributed by atoms with E-state index < -0.39 is 18.7 Å². The van der Waals surface area contributed by atoms with Crippen LogP contribution in [0.4, 0.5) is 19.0 Å². The molecular formula is C20H16F3N5O4. The summed E-state index contributed by atoms with van der Waals surface area (Å²) < 4.78 is 46.6. The highest BCUT2D eigenvalue weighted by atomic mass is 19.4. The Morgan fingerprint density at radius 1 is 1.31 bits per heavy atom. The number of anilines is 1. The number of alkyl halides is 3. The maximum absolute atomic E-state index is 12.8. The monoisotopic (exact) mass is 447 g/mol. The highest BCUT2D eigenvalue weighted by molar-refractivity contribution is 6.05. The summed E-state index contributed by atoms with van der Waals surface area (Å²) in [4.78, 5) is 38.6. The van der Waals surface area contributed by atoms with Crippen molar-refractivity contribution in [3.05, 3.63) is 65.3 Å². The number of pyridine rings is 2. The number of carbonyl (C=O) groups excluding carboxylic acids is 2. The molecule has 0 saturated heterocycles. The quantitative estimate of drug-likeness (QED) is 0.618. The number of rotatable bonds is 6. The molecule has 4 rings (SSSR count). The molecule has 0 saturated carbocycles. The lowest BCUT2D eigenvalue weighted by Gasteiger charge is -2.16. The average Bonchev–Trinajstić information content (AvgIpc) is 3.37. The smallest absolute Gasteiger partial charge is 0.422 e. The minimum Gasteiger partial charge on any atom is -0.482 e. The van der Waals surface area contributed by atoms with E-state index in [9.17, 15) is 22.8 Å². The highest BCUT2D eigenvalue weighted by Crippen LogP contribution is 2.29. The van der Waals surface area contributed by atoms with Gasteiger partial charge in [0.2, 0.25) is 0 Å². The average molecular weight is 447 g/mol. The van der Waals surface area contributed by atoms with Crippen LogP contribution in [0.3, 0.4) is 0 Å². The van der Waals surface area contributed by atoms with Crippen LogP contribution in [0.1, 0.15) is 37.7 Å². The van der Waals surface area contributed by atoms with E-state index in [1.54, 1.807) is 19.1 Å². The predicted octanol–water partition coefficient (Wildman–Crippen LogP) is 3.12. The van der Waals surface area contributed by atoms with Crippen LogP contribution in [0, 0.1) is 6.92 Å². The molecule has 1 N–H and O–H groups in total. The second kappa shape index (κ2) is 8.29. The number of aryl methyl sites for hydroxylation is 1. The first-order valence-electron chi connectivity index (χ1n) is 9.33.